The van der Waals surface area contributed by atoms with E-state index in [1.165, 1.54) is 35.6 Å². The summed E-state index contributed by atoms with van der Waals surface area (Å²) in [6.45, 7) is 3.70. The van der Waals surface area contributed by atoms with E-state index in [0.717, 1.165) is 0 Å². The van der Waals surface area contributed by atoms with Gasteiger partial charge in [-0.1, -0.05) is 0 Å². The van der Waals surface area contributed by atoms with E-state index in [0.29, 0.717) is 17.7 Å². The molecule has 0 saturated heterocycles. The first-order valence-electron chi connectivity index (χ1n) is 6.52. The molecule has 0 saturated carbocycles. The minimum absolute atomic E-state index is 0.0327. The van der Waals surface area contributed by atoms with Gasteiger partial charge in [-0.25, -0.2) is 12.8 Å². The van der Waals surface area contributed by atoms with Crippen LogP contribution < -0.4 is 10.5 Å². The minimum Gasteiger partial charge on any atom is -0.489 e. The van der Waals surface area contributed by atoms with E-state index in [4.69, 9.17) is 10.5 Å². The molecule has 0 aliphatic heterocycles. The Morgan fingerprint density at radius 3 is 2.38 bits per heavy atom. The summed E-state index contributed by atoms with van der Waals surface area (Å²) in [6, 6.07) is 5.86. The molecule has 0 spiro atoms. The summed E-state index contributed by atoms with van der Waals surface area (Å²) < 4.78 is 43.5. The molecule has 0 aliphatic rings. The smallest absolute Gasteiger partial charge is 0.243 e. The van der Waals surface area contributed by atoms with Gasteiger partial charge in [0.2, 0.25) is 10.0 Å². The first-order chi connectivity index (χ1) is 9.82. The van der Waals surface area contributed by atoms with Crippen LogP contribution in [0.3, 0.4) is 0 Å². The van der Waals surface area contributed by atoms with E-state index < -0.39 is 10.0 Å². The van der Waals surface area contributed by atoms with Gasteiger partial charge in [0, 0.05) is 25.2 Å². The highest BCUT2D eigenvalue weighted by Gasteiger charge is 2.22. The van der Waals surface area contributed by atoms with Crippen molar-refractivity contribution >= 4 is 10.0 Å². The molecule has 0 aromatic heterocycles. The van der Waals surface area contributed by atoms with Crippen LogP contribution in [0.25, 0.3) is 0 Å². The number of benzene rings is 1. The van der Waals surface area contributed by atoms with Crippen LogP contribution in [0.15, 0.2) is 41.1 Å². The third-order valence-corrected chi connectivity index (χ3v) is 5.12. The maximum atomic E-state index is 12.3. The minimum atomic E-state index is -3.51. The normalized spacial score (nSPS) is 13.0. The van der Waals surface area contributed by atoms with Gasteiger partial charge in [-0.3, -0.25) is 0 Å². The van der Waals surface area contributed by atoms with E-state index >= 15 is 0 Å². The van der Waals surface area contributed by atoms with Gasteiger partial charge in [-0.2, -0.15) is 4.31 Å². The van der Waals surface area contributed by atoms with Gasteiger partial charge < -0.3 is 10.5 Å². The van der Waals surface area contributed by atoms with Crippen molar-refractivity contribution in [1.29, 1.82) is 0 Å². The van der Waals surface area contributed by atoms with Crippen LogP contribution in [0.4, 0.5) is 4.39 Å². The van der Waals surface area contributed by atoms with Gasteiger partial charge >= 0.3 is 0 Å². The van der Waals surface area contributed by atoms with E-state index in [1.54, 1.807) is 13.8 Å². The number of rotatable bonds is 7. The molecule has 1 rings (SSSR count). The summed E-state index contributed by atoms with van der Waals surface area (Å²) in [5.41, 5.74) is 5.64. The number of hydrogen-bond donors (Lipinski definition) is 1. The standard InChI is InChI=1S/C14H21FN2O3S/c1-11(2)17(3)21(18,19)14-6-4-13(5-7-14)20-10-12(8-15)9-16/h4-8,11H,9-10,16H2,1-3H3/b12-8-. The third-order valence-electron chi connectivity index (χ3n) is 3.07. The van der Waals surface area contributed by atoms with Crippen LogP contribution in [-0.2, 0) is 10.0 Å². The highest BCUT2D eigenvalue weighted by atomic mass is 32.2. The van der Waals surface area contributed by atoms with Crippen molar-refractivity contribution in [3.8, 4) is 5.75 Å². The molecule has 0 aliphatic carbocycles. The zero-order chi connectivity index (χ0) is 16.0. The predicted molar refractivity (Wildman–Crippen MR) is 80.3 cm³/mol. The van der Waals surface area contributed by atoms with Gasteiger partial charge in [0.25, 0.3) is 0 Å². The molecular weight excluding hydrogens is 295 g/mol. The molecule has 0 atom stereocenters. The Labute approximate surface area is 125 Å². The lowest BCUT2D eigenvalue weighted by Gasteiger charge is -2.21. The van der Waals surface area contributed by atoms with Gasteiger partial charge in [-0.05, 0) is 38.1 Å². The first-order valence-corrected chi connectivity index (χ1v) is 7.96. The number of ether oxygens (including phenoxy) is 1. The molecule has 7 heteroatoms. The van der Waals surface area contributed by atoms with Crippen LogP contribution in [0, 0.1) is 0 Å². The quantitative estimate of drug-likeness (QED) is 0.834. The Bertz CT molecular complexity index is 583. The predicted octanol–water partition coefficient (Wildman–Crippen LogP) is 1.91. The molecule has 1 aromatic carbocycles. The fourth-order valence-corrected chi connectivity index (χ4v) is 2.83. The Hall–Kier alpha value is -1.44. The summed E-state index contributed by atoms with van der Waals surface area (Å²) in [5, 5.41) is 0. The molecule has 2 N–H and O–H groups in total. The van der Waals surface area contributed by atoms with E-state index in [9.17, 15) is 12.8 Å². The number of nitrogens with two attached hydrogens (primary N) is 1. The van der Waals surface area contributed by atoms with Crippen molar-refractivity contribution in [2.75, 3.05) is 20.2 Å². The van der Waals surface area contributed by atoms with E-state index in [2.05, 4.69) is 0 Å². The zero-order valence-corrected chi connectivity index (χ0v) is 13.2. The maximum Gasteiger partial charge on any atom is 0.243 e. The van der Waals surface area contributed by atoms with Crippen molar-refractivity contribution in [3.63, 3.8) is 0 Å². The number of nitrogens with zero attached hydrogens (tertiary/aromatic N) is 1. The fourth-order valence-electron chi connectivity index (χ4n) is 1.46. The molecule has 0 heterocycles. The molecule has 1 aromatic rings. The van der Waals surface area contributed by atoms with Crippen molar-refractivity contribution in [2.45, 2.75) is 24.8 Å². The second kappa shape index (κ2) is 7.53. The monoisotopic (exact) mass is 316 g/mol. The molecule has 0 radical (unpaired) electrons. The summed E-state index contributed by atoms with van der Waals surface area (Å²) >= 11 is 0. The average molecular weight is 316 g/mol. The Morgan fingerprint density at radius 1 is 1.38 bits per heavy atom. The average Bonchev–Trinajstić information content (AvgIpc) is 2.47. The zero-order valence-electron chi connectivity index (χ0n) is 12.4. The van der Waals surface area contributed by atoms with Crippen molar-refractivity contribution < 1.29 is 17.5 Å². The van der Waals surface area contributed by atoms with Crippen molar-refractivity contribution in [3.05, 3.63) is 36.2 Å². The topological polar surface area (TPSA) is 72.6 Å². The SMILES string of the molecule is CC(C)N(C)S(=O)(=O)c1ccc(OC/C(=C\F)CN)cc1. The number of halogens is 1. The molecule has 118 valence electrons. The largest absolute Gasteiger partial charge is 0.489 e. The lowest BCUT2D eigenvalue weighted by atomic mass is 10.3. The van der Waals surface area contributed by atoms with Crippen molar-refractivity contribution in [2.24, 2.45) is 5.73 Å². The molecule has 21 heavy (non-hydrogen) atoms. The van der Waals surface area contributed by atoms with E-state index in [-0.39, 0.29) is 24.1 Å². The Morgan fingerprint density at radius 2 is 1.95 bits per heavy atom. The number of sulfonamides is 1. The lowest BCUT2D eigenvalue weighted by molar-refractivity contribution is 0.347. The van der Waals surface area contributed by atoms with Crippen LogP contribution in [0.1, 0.15) is 13.8 Å². The van der Waals surface area contributed by atoms with Gasteiger partial charge in [0.1, 0.15) is 12.4 Å². The van der Waals surface area contributed by atoms with Gasteiger partial charge in [0.15, 0.2) is 0 Å². The summed E-state index contributed by atoms with van der Waals surface area (Å²) in [7, 11) is -1.98. The van der Waals surface area contributed by atoms with Crippen LogP contribution in [0.5, 0.6) is 5.75 Å². The molecule has 0 fully saturated rings. The van der Waals surface area contributed by atoms with Crippen LogP contribution >= 0.6 is 0 Å². The summed E-state index contributed by atoms with van der Waals surface area (Å²) in [4.78, 5) is 0.186. The Kier molecular flexibility index (Phi) is 6.32. The second-order valence-corrected chi connectivity index (χ2v) is 6.84. The van der Waals surface area contributed by atoms with Crippen LogP contribution in [-0.4, -0.2) is 39.0 Å². The van der Waals surface area contributed by atoms with Gasteiger partial charge in [-0.15, -0.1) is 0 Å². The molecule has 5 nitrogen and oxygen atoms in total. The fraction of sp³-hybridized carbons (Fsp3) is 0.429. The highest BCUT2D eigenvalue weighted by molar-refractivity contribution is 7.89. The molecule has 0 amide bonds. The summed E-state index contributed by atoms with van der Waals surface area (Å²) in [6.07, 6.45) is 0.413. The summed E-state index contributed by atoms with van der Waals surface area (Å²) in [5.74, 6) is 0.453. The first kappa shape index (κ1) is 17.6. The third kappa shape index (κ3) is 4.52. The van der Waals surface area contributed by atoms with Gasteiger partial charge in [0.05, 0.1) is 11.2 Å². The molecule has 0 unspecified atom stereocenters. The number of hydrogen-bond acceptors (Lipinski definition) is 4. The lowest BCUT2D eigenvalue weighted by Crippen LogP contribution is -2.32. The highest BCUT2D eigenvalue weighted by Crippen LogP contribution is 2.20. The van der Waals surface area contributed by atoms with Crippen molar-refractivity contribution in [1.82, 2.24) is 4.31 Å². The van der Waals surface area contributed by atoms with E-state index in [1.807, 2.05) is 0 Å². The molecule has 0 bridgehead atoms. The molecular formula is C14H21FN2O3S. The van der Waals surface area contributed by atoms with Crippen LogP contribution in [0.2, 0.25) is 0 Å². The maximum absolute atomic E-state index is 12.3. The second-order valence-electron chi connectivity index (χ2n) is 4.85. The Balaban J connectivity index is 2.83.